The lowest BCUT2D eigenvalue weighted by molar-refractivity contribution is -0.147. The van der Waals surface area contributed by atoms with E-state index in [-0.39, 0.29) is 35.5 Å². The molecule has 1 aromatic rings. The van der Waals surface area contributed by atoms with Crippen LogP contribution in [0.2, 0.25) is 0 Å². The number of hydrogen-bond acceptors (Lipinski definition) is 5. The number of hydrogen-bond donors (Lipinski definition) is 1. The van der Waals surface area contributed by atoms with Gasteiger partial charge in [0.1, 0.15) is 6.04 Å². The number of carbonyl (C=O) groups excluding carboxylic acids is 3. The van der Waals surface area contributed by atoms with Gasteiger partial charge in [0.2, 0.25) is 17.7 Å². The van der Waals surface area contributed by atoms with Crippen molar-refractivity contribution in [3.8, 4) is 0 Å². The van der Waals surface area contributed by atoms with E-state index in [0.717, 1.165) is 12.0 Å². The lowest BCUT2D eigenvalue weighted by atomic mass is 9.78. The molecular formula is C30H39N3O4S. The van der Waals surface area contributed by atoms with Gasteiger partial charge in [0.15, 0.2) is 0 Å². The van der Waals surface area contributed by atoms with Crippen LogP contribution in [0.4, 0.5) is 0 Å². The minimum atomic E-state index is -0.853. The number of rotatable bonds is 8. The molecule has 0 aliphatic carbocycles. The number of benzene rings is 1. The van der Waals surface area contributed by atoms with Crippen LogP contribution in [-0.2, 0) is 20.9 Å². The van der Waals surface area contributed by atoms with E-state index in [4.69, 9.17) is 0 Å². The van der Waals surface area contributed by atoms with Crippen LogP contribution in [0, 0.1) is 17.8 Å². The molecule has 1 N–H and O–H groups in total. The molecule has 0 radical (unpaired) electrons. The summed E-state index contributed by atoms with van der Waals surface area (Å²) in [7, 11) is 0. The average Bonchev–Trinajstić information content (AvgIpc) is 3.23. The second-order valence-electron chi connectivity index (χ2n) is 11.4. The molecule has 2 saturated heterocycles. The van der Waals surface area contributed by atoms with E-state index in [0.29, 0.717) is 32.6 Å². The van der Waals surface area contributed by atoms with Crippen molar-refractivity contribution in [3.05, 3.63) is 60.2 Å². The zero-order valence-electron chi connectivity index (χ0n) is 22.5. The van der Waals surface area contributed by atoms with Crippen LogP contribution in [0.5, 0.6) is 0 Å². The largest absolute Gasteiger partial charge is 0.394 e. The van der Waals surface area contributed by atoms with Crippen LogP contribution in [0.3, 0.4) is 0 Å². The SMILES string of the molecule is CCCN1CC=C[C@H]2S[C@]34C=CCN(Cc5ccccc5)C(=O)C3N([C@@H](CO)CC(C)C)C(=O)[C@@H]4[C@H]2C1=O. The Hall–Kier alpha value is -2.58. The standard InChI is InChI=1S/C30H39N3O4S/c1-4-14-31-15-8-12-23-24(27(31)35)25-28(36)33(22(19-34)17-20(2)3)26-29(37)32(16-9-13-30(25,26)38-23)18-21-10-6-5-7-11-21/h5-13,20,22-26,34H,4,14-19H2,1-3H3/t22-,23-,24+,25+,26?,30+/m1/s1. The van der Waals surface area contributed by atoms with Crippen molar-refractivity contribution in [1.29, 1.82) is 0 Å². The van der Waals surface area contributed by atoms with E-state index >= 15 is 0 Å². The molecule has 204 valence electrons. The van der Waals surface area contributed by atoms with Gasteiger partial charge in [-0.05, 0) is 24.3 Å². The molecule has 2 fully saturated rings. The van der Waals surface area contributed by atoms with E-state index in [1.165, 1.54) is 0 Å². The molecule has 8 heteroatoms. The Balaban J connectivity index is 1.59. The van der Waals surface area contributed by atoms with Crippen LogP contribution < -0.4 is 0 Å². The quantitative estimate of drug-likeness (QED) is 0.516. The summed E-state index contributed by atoms with van der Waals surface area (Å²) >= 11 is 1.60. The van der Waals surface area contributed by atoms with Crippen molar-refractivity contribution in [1.82, 2.24) is 14.7 Å². The van der Waals surface area contributed by atoms with Gasteiger partial charge in [-0.15, -0.1) is 11.8 Å². The Morgan fingerprint density at radius 3 is 2.45 bits per heavy atom. The van der Waals surface area contributed by atoms with E-state index in [1.807, 2.05) is 52.3 Å². The van der Waals surface area contributed by atoms with Crippen LogP contribution in [0.1, 0.15) is 39.2 Å². The fourth-order valence-electron chi connectivity index (χ4n) is 6.81. The number of fused-ring (bicyclic) bond motifs is 2. The normalized spacial score (nSPS) is 31.4. The minimum Gasteiger partial charge on any atom is -0.394 e. The Labute approximate surface area is 229 Å². The summed E-state index contributed by atoms with van der Waals surface area (Å²) in [5, 5.41) is 10.3. The van der Waals surface area contributed by atoms with Crippen molar-refractivity contribution < 1.29 is 19.5 Å². The van der Waals surface area contributed by atoms with E-state index in [2.05, 4.69) is 32.9 Å². The van der Waals surface area contributed by atoms with Crippen LogP contribution in [-0.4, -0.2) is 85.8 Å². The molecule has 4 aliphatic heterocycles. The average molecular weight is 538 g/mol. The first-order chi connectivity index (χ1) is 18.3. The van der Waals surface area contributed by atoms with Gasteiger partial charge in [-0.25, -0.2) is 0 Å². The van der Waals surface area contributed by atoms with Gasteiger partial charge in [0, 0.05) is 31.4 Å². The highest BCUT2D eigenvalue weighted by atomic mass is 32.2. The summed E-state index contributed by atoms with van der Waals surface area (Å²) in [6, 6.07) is 8.63. The second kappa shape index (κ2) is 10.9. The number of aliphatic hydroxyl groups is 1. The van der Waals surface area contributed by atoms with Crippen molar-refractivity contribution in [2.24, 2.45) is 17.8 Å². The van der Waals surface area contributed by atoms with Crippen LogP contribution in [0.25, 0.3) is 0 Å². The van der Waals surface area contributed by atoms with E-state index < -0.39 is 28.7 Å². The lowest BCUT2D eigenvalue weighted by Crippen LogP contribution is -2.56. The van der Waals surface area contributed by atoms with Crippen molar-refractivity contribution in [2.75, 3.05) is 26.2 Å². The number of nitrogens with zero attached hydrogens (tertiary/aromatic N) is 3. The Bertz CT molecular complexity index is 1120. The molecule has 4 heterocycles. The van der Waals surface area contributed by atoms with Gasteiger partial charge in [0.25, 0.3) is 0 Å². The van der Waals surface area contributed by atoms with Gasteiger partial charge in [-0.3, -0.25) is 14.4 Å². The van der Waals surface area contributed by atoms with E-state index in [1.54, 1.807) is 16.7 Å². The van der Waals surface area contributed by atoms with Crippen molar-refractivity contribution >= 4 is 29.5 Å². The topological polar surface area (TPSA) is 81.2 Å². The molecular weight excluding hydrogens is 498 g/mol. The van der Waals surface area contributed by atoms with Gasteiger partial charge >= 0.3 is 0 Å². The third kappa shape index (κ3) is 4.49. The van der Waals surface area contributed by atoms with Gasteiger partial charge in [-0.1, -0.05) is 75.4 Å². The van der Waals surface area contributed by atoms with E-state index in [9.17, 15) is 19.5 Å². The smallest absolute Gasteiger partial charge is 0.247 e. The molecule has 0 saturated carbocycles. The molecule has 1 aromatic carbocycles. The maximum atomic E-state index is 14.4. The Kier molecular flexibility index (Phi) is 7.74. The summed E-state index contributed by atoms with van der Waals surface area (Å²) in [6.07, 6.45) is 9.61. The summed E-state index contributed by atoms with van der Waals surface area (Å²) in [6.45, 7) is 8.03. The zero-order chi connectivity index (χ0) is 27.0. The lowest BCUT2D eigenvalue weighted by Gasteiger charge is -2.39. The number of amides is 3. The molecule has 1 spiro atoms. The summed E-state index contributed by atoms with van der Waals surface area (Å²) in [5.41, 5.74) is 1.02. The predicted molar refractivity (Wildman–Crippen MR) is 149 cm³/mol. The Morgan fingerprint density at radius 1 is 1.03 bits per heavy atom. The van der Waals surface area contributed by atoms with Crippen molar-refractivity contribution in [3.63, 3.8) is 0 Å². The molecule has 38 heavy (non-hydrogen) atoms. The maximum Gasteiger partial charge on any atom is 0.247 e. The zero-order valence-corrected chi connectivity index (χ0v) is 23.3. The highest BCUT2D eigenvalue weighted by Crippen LogP contribution is 2.61. The second-order valence-corrected chi connectivity index (χ2v) is 12.9. The minimum absolute atomic E-state index is 0.000760. The first-order valence-corrected chi connectivity index (χ1v) is 14.8. The molecule has 5 rings (SSSR count). The van der Waals surface area contributed by atoms with Gasteiger partial charge < -0.3 is 19.8 Å². The number of carbonyl (C=O) groups is 3. The highest BCUT2D eigenvalue weighted by Gasteiger charge is 2.71. The van der Waals surface area contributed by atoms with Gasteiger partial charge in [-0.2, -0.15) is 0 Å². The third-order valence-electron chi connectivity index (χ3n) is 8.32. The molecule has 0 aromatic heterocycles. The maximum absolute atomic E-state index is 14.4. The molecule has 7 nitrogen and oxygen atoms in total. The predicted octanol–water partition coefficient (Wildman–Crippen LogP) is 3.10. The summed E-state index contributed by atoms with van der Waals surface area (Å²) < 4.78 is -0.853. The summed E-state index contributed by atoms with van der Waals surface area (Å²) in [5.74, 6) is -1.22. The fraction of sp³-hybridized carbons (Fsp3) is 0.567. The first-order valence-electron chi connectivity index (χ1n) is 13.9. The molecule has 0 bridgehead atoms. The van der Waals surface area contributed by atoms with Crippen LogP contribution >= 0.6 is 11.8 Å². The van der Waals surface area contributed by atoms with Crippen molar-refractivity contribution in [2.45, 2.75) is 62.2 Å². The number of thioether (sulfide) groups is 1. The summed E-state index contributed by atoms with van der Waals surface area (Å²) in [4.78, 5) is 48.1. The highest BCUT2D eigenvalue weighted by molar-refractivity contribution is 8.02. The van der Waals surface area contributed by atoms with Crippen LogP contribution in [0.15, 0.2) is 54.6 Å². The fourth-order valence-corrected chi connectivity index (χ4v) is 8.80. The molecule has 1 unspecified atom stereocenters. The molecule has 6 atom stereocenters. The number of aliphatic hydroxyl groups excluding tert-OH is 1. The first kappa shape index (κ1) is 27.0. The monoisotopic (exact) mass is 537 g/mol. The third-order valence-corrected chi connectivity index (χ3v) is 10.1. The molecule has 4 aliphatic rings. The molecule has 3 amide bonds. The van der Waals surface area contributed by atoms with Gasteiger partial charge in [0.05, 0.1) is 29.2 Å². The Morgan fingerprint density at radius 2 is 1.76 bits per heavy atom. The number of likely N-dealkylation sites (tertiary alicyclic amines) is 1.